The monoisotopic (exact) mass is 335 g/mol. The molecule has 0 aliphatic heterocycles. The van der Waals surface area contributed by atoms with Gasteiger partial charge in [-0.3, -0.25) is 4.98 Å². The molecule has 122 valence electrons. The summed E-state index contributed by atoms with van der Waals surface area (Å²) < 4.78 is 32.3. The van der Waals surface area contributed by atoms with Gasteiger partial charge in [0, 0.05) is 24.0 Å². The molecule has 4 aromatic rings. The molecule has 0 saturated carbocycles. The zero-order chi connectivity index (χ0) is 17.2. The second kappa shape index (κ2) is 6.24. The van der Waals surface area contributed by atoms with Crippen LogP contribution in [0.5, 0.6) is 11.6 Å². The van der Waals surface area contributed by atoms with Crippen molar-refractivity contribution in [3.8, 4) is 23.0 Å². The summed E-state index contributed by atoms with van der Waals surface area (Å²) in [5.74, 6) is -1.03. The van der Waals surface area contributed by atoms with E-state index in [1.165, 1.54) is 6.07 Å². The number of para-hydroxylation sites is 1. The summed E-state index contributed by atoms with van der Waals surface area (Å²) in [4.78, 5) is 12.9. The lowest BCUT2D eigenvalue weighted by atomic mass is 10.2. The molecule has 0 aliphatic carbocycles. The van der Waals surface area contributed by atoms with Gasteiger partial charge in [-0.05, 0) is 36.4 Å². The minimum absolute atomic E-state index is 0.156. The predicted molar refractivity (Wildman–Crippen MR) is 89.2 cm³/mol. The molecule has 0 unspecified atom stereocenters. The van der Waals surface area contributed by atoms with Gasteiger partial charge in [0.1, 0.15) is 5.75 Å². The Balaban J connectivity index is 1.85. The van der Waals surface area contributed by atoms with E-state index in [0.29, 0.717) is 16.7 Å². The quantitative estimate of drug-likeness (QED) is 0.541. The molecular formula is C19H11F2N3O. The minimum Gasteiger partial charge on any atom is -0.438 e. The van der Waals surface area contributed by atoms with E-state index >= 15 is 0 Å². The average Bonchev–Trinajstić information content (AvgIpc) is 2.65. The maximum absolute atomic E-state index is 13.4. The van der Waals surface area contributed by atoms with Crippen LogP contribution in [-0.2, 0) is 0 Å². The summed E-state index contributed by atoms with van der Waals surface area (Å²) in [6.45, 7) is 0. The van der Waals surface area contributed by atoms with Crippen molar-refractivity contribution in [3.63, 3.8) is 0 Å². The SMILES string of the molecule is Fc1ccc(Oc2nc(-c3ccncc3)nc3ccccc23)cc1F. The number of hydrogen-bond donors (Lipinski definition) is 0. The van der Waals surface area contributed by atoms with Crippen molar-refractivity contribution < 1.29 is 13.5 Å². The van der Waals surface area contributed by atoms with Crippen LogP contribution >= 0.6 is 0 Å². The fourth-order valence-electron chi connectivity index (χ4n) is 2.41. The molecule has 2 heterocycles. The molecule has 6 heteroatoms. The third-order valence-corrected chi connectivity index (χ3v) is 3.61. The maximum Gasteiger partial charge on any atom is 0.230 e. The zero-order valence-electron chi connectivity index (χ0n) is 12.9. The summed E-state index contributed by atoms with van der Waals surface area (Å²) in [7, 11) is 0. The van der Waals surface area contributed by atoms with Crippen LogP contribution in [0.1, 0.15) is 0 Å². The lowest BCUT2D eigenvalue weighted by Crippen LogP contribution is -1.96. The molecule has 4 rings (SSSR count). The van der Waals surface area contributed by atoms with Crippen LogP contribution in [0.3, 0.4) is 0 Å². The van der Waals surface area contributed by atoms with Crippen LogP contribution in [-0.4, -0.2) is 15.0 Å². The Bertz CT molecular complexity index is 1050. The highest BCUT2D eigenvalue weighted by Crippen LogP contribution is 2.30. The van der Waals surface area contributed by atoms with E-state index in [1.54, 1.807) is 30.6 Å². The number of rotatable bonds is 3. The van der Waals surface area contributed by atoms with Crippen LogP contribution in [0.4, 0.5) is 8.78 Å². The first-order valence-corrected chi connectivity index (χ1v) is 7.51. The molecule has 0 atom stereocenters. The smallest absolute Gasteiger partial charge is 0.230 e. The van der Waals surface area contributed by atoms with Crippen LogP contribution < -0.4 is 4.74 Å². The minimum atomic E-state index is -0.981. The van der Waals surface area contributed by atoms with E-state index in [9.17, 15) is 8.78 Å². The highest BCUT2D eigenvalue weighted by atomic mass is 19.2. The molecule has 0 bridgehead atoms. The topological polar surface area (TPSA) is 47.9 Å². The Kier molecular flexibility index (Phi) is 3.78. The second-order valence-electron chi connectivity index (χ2n) is 5.28. The highest BCUT2D eigenvalue weighted by Gasteiger charge is 2.12. The van der Waals surface area contributed by atoms with Gasteiger partial charge in [0.15, 0.2) is 17.5 Å². The first kappa shape index (κ1) is 15.1. The Morgan fingerprint density at radius 2 is 1.60 bits per heavy atom. The summed E-state index contributed by atoms with van der Waals surface area (Å²) in [6.07, 6.45) is 3.29. The van der Waals surface area contributed by atoms with Crippen molar-refractivity contribution in [2.45, 2.75) is 0 Å². The third kappa shape index (κ3) is 3.01. The maximum atomic E-state index is 13.4. The molecule has 0 spiro atoms. The van der Waals surface area contributed by atoms with Crippen LogP contribution in [0.25, 0.3) is 22.3 Å². The lowest BCUT2D eigenvalue weighted by molar-refractivity contribution is 0.452. The van der Waals surface area contributed by atoms with Crippen LogP contribution in [0.15, 0.2) is 67.0 Å². The van der Waals surface area contributed by atoms with E-state index in [-0.39, 0.29) is 11.6 Å². The molecule has 2 aromatic carbocycles. The number of ether oxygens (including phenoxy) is 1. The number of hydrogen-bond acceptors (Lipinski definition) is 4. The molecule has 4 nitrogen and oxygen atoms in total. The van der Waals surface area contributed by atoms with Crippen molar-refractivity contribution in [1.82, 2.24) is 15.0 Å². The first-order chi connectivity index (χ1) is 12.2. The van der Waals surface area contributed by atoms with E-state index in [2.05, 4.69) is 15.0 Å². The van der Waals surface area contributed by atoms with Crippen molar-refractivity contribution in [3.05, 3.63) is 78.6 Å². The first-order valence-electron chi connectivity index (χ1n) is 7.51. The Hall–Kier alpha value is -3.41. The van der Waals surface area contributed by atoms with Gasteiger partial charge in [-0.1, -0.05) is 12.1 Å². The van der Waals surface area contributed by atoms with Crippen molar-refractivity contribution in [2.24, 2.45) is 0 Å². The predicted octanol–water partition coefficient (Wildman–Crippen LogP) is 4.76. The molecule has 0 N–H and O–H groups in total. The summed E-state index contributed by atoms with van der Waals surface area (Å²) >= 11 is 0. The van der Waals surface area contributed by atoms with Gasteiger partial charge in [0.2, 0.25) is 5.88 Å². The molecule has 0 fully saturated rings. The Morgan fingerprint density at radius 3 is 2.40 bits per heavy atom. The third-order valence-electron chi connectivity index (χ3n) is 3.61. The van der Waals surface area contributed by atoms with Crippen molar-refractivity contribution in [2.75, 3.05) is 0 Å². The van der Waals surface area contributed by atoms with E-state index in [4.69, 9.17) is 4.74 Å². The largest absolute Gasteiger partial charge is 0.438 e. The van der Waals surface area contributed by atoms with Gasteiger partial charge in [-0.25, -0.2) is 13.8 Å². The Morgan fingerprint density at radius 1 is 0.800 bits per heavy atom. The van der Waals surface area contributed by atoms with Crippen molar-refractivity contribution in [1.29, 1.82) is 0 Å². The second-order valence-corrected chi connectivity index (χ2v) is 5.28. The number of fused-ring (bicyclic) bond motifs is 1. The Labute approximate surface area is 141 Å². The number of halogens is 2. The van der Waals surface area contributed by atoms with Gasteiger partial charge >= 0.3 is 0 Å². The van der Waals surface area contributed by atoms with Gasteiger partial charge < -0.3 is 4.74 Å². The standard InChI is InChI=1S/C19H11F2N3O/c20-15-6-5-13(11-16(15)21)25-19-14-3-1-2-4-17(14)23-18(24-19)12-7-9-22-10-8-12/h1-11H. The zero-order valence-corrected chi connectivity index (χ0v) is 12.9. The van der Waals surface area contributed by atoms with Gasteiger partial charge in [-0.2, -0.15) is 4.98 Å². The van der Waals surface area contributed by atoms with Gasteiger partial charge in [0.25, 0.3) is 0 Å². The van der Waals surface area contributed by atoms with Crippen molar-refractivity contribution >= 4 is 10.9 Å². The summed E-state index contributed by atoms with van der Waals surface area (Å²) in [5, 5.41) is 0.671. The molecule has 0 radical (unpaired) electrons. The molecule has 0 saturated heterocycles. The van der Waals surface area contributed by atoms with Gasteiger partial charge in [-0.15, -0.1) is 0 Å². The fourth-order valence-corrected chi connectivity index (χ4v) is 2.41. The van der Waals surface area contributed by atoms with E-state index in [0.717, 1.165) is 17.7 Å². The van der Waals surface area contributed by atoms with Gasteiger partial charge in [0.05, 0.1) is 10.9 Å². The normalized spacial score (nSPS) is 10.8. The van der Waals surface area contributed by atoms with Crippen LogP contribution in [0, 0.1) is 11.6 Å². The van der Waals surface area contributed by atoms with E-state index in [1.807, 2.05) is 18.2 Å². The number of benzene rings is 2. The number of aromatic nitrogens is 3. The number of nitrogens with zero attached hydrogens (tertiary/aromatic N) is 3. The molecule has 2 aromatic heterocycles. The van der Waals surface area contributed by atoms with Crippen LogP contribution in [0.2, 0.25) is 0 Å². The lowest BCUT2D eigenvalue weighted by Gasteiger charge is -2.10. The molecule has 25 heavy (non-hydrogen) atoms. The average molecular weight is 335 g/mol. The van der Waals surface area contributed by atoms with E-state index < -0.39 is 11.6 Å². The fraction of sp³-hybridized carbons (Fsp3) is 0. The molecule has 0 amide bonds. The summed E-state index contributed by atoms with van der Waals surface area (Å²) in [5.41, 5.74) is 1.46. The number of pyridine rings is 1. The highest BCUT2D eigenvalue weighted by molar-refractivity contribution is 5.85. The summed E-state index contributed by atoms with van der Waals surface area (Å²) in [6, 6.07) is 14.2. The molecule has 0 aliphatic rings. The molecular weight excluding hydrogens is 324 g/mol.